The number of nitro groups is 1. The lowest BCUT2D eigenvalue weighted by atomic mass is 10.3. The molecule has 0 heterocycles. The average Bonchev–Trinajstić information content (AvgIpc) is 2.17. The summed E-state index contributed by atoms with van der Waals surface area (Å²) >= 11 is 3.99. The van der Waals surface area contributed by atoms with Crippen LogP contribution in [0.1, 0.15) is 6.42 Å². The van der Waals surface area contributed by atoms with E-state index in [0.717, 1.165) is 18.6 Å². The van der Waals surface area contributed by atoms with Crippen molar-refractivity contribution in [2.24, 2.45) is 0 Å². The molecule has 82 valence electrons. The first-order valence-electron chi connectivity index (χ1n) is 4.32. The molecule has 0 spiro atoms. The van der Waals surface area contributed by atoms with E-state index in [2.05, 4.69) is 12.6 Å². The van der Waals surface area contributed by atoms with Gasteiger partial charge in [-0.1, -0.05) is 0 Å². The molecule has 0 unspecified atom stereocenters. The molecular weight excluding hydrogens is 221 g/mol. The van der Waals surface area contributed by atoms with Crippen LogP contribution in [0.3, 0.4) is 0 Å². The van der Waals surface area contributed by atoms with Gasteiger partial charge < -0.3 is 4.74 Å². The Labute approximate surface area is 91.6 Å². The average molecular weight is 231 g/mol. The molecule has 4 nitrogen and oxygen atoms in total. The van der Waals surface area contributed by atoms with Gasteiger partial charge in [0.1, 0.15) is 5.75 Å². The topological polar surface area (TPSA) is 52.4 Å². The second kappa shape index (κ2) is 5.55. The smallest absolute Gasteiger partial charge is 0.305 e. The number of rotatable bonds is 5. The maximum absolute atomic E-state index is 13.1. The Morgan fingerprint density at radius 1 is 1.53 bits per heavy atom. The highest BCUT2D eigenvalue weighted by molar-refractivity contribution is 7.80. The van der Waals surface area contributed by atoms with Gasteiger partial charge in [0, 0.05) is 12.1 Å². The minimum atomic E-state index is -0.886. The molecule has 0 aliphatic heterocycles. The van der Waals surface area contributed by atoms with Crippen molar-refractivity contribution in [3.05, 3.63) is 34.1 Å². The highest BCUT2D eigenvalue weighted by Crippen LogP contribution is 2.22. The van der Waals surface area contributed by atoms with Crippen molar-refractivity contribution in [2.45, 2.75) is 6.42 Å². The molecule has 0 bridgehead atoms. The Morgan fingerprint density at radius 2 is 2.27 bits per heavy atom. The van der Waals surface area contributed by atoms with Crippen LogP contribution in [-0.4, -0.2) is 17.3 Å². The van der Waals surface area contributed by atoms with E-state index < -0.39 is 16.4 Å². The summed E-state index contributed by atoms with van der Waals surface area (Å²) < 4.78 is 18.2. The first-order chi connectivity index (χ1) is 7.15. The second-order valence-corrected chi connectivity index (χ2v) is 3.24. The van der Waals surface area contributed by atoms with Gasteiger partial charge in [-0.3, -0.25) is 10.1 Å². The molecule has 6 heteroatoms. The Morgan fingerprint density at radius 3 is 2.80 bits per heavy atom. The van der Waals surface area contributed by atoms with Crippen LogP contribution in [0, 0.1) is 15.9 Å². The molecule has 0 aliphatic rings. The summed E-state index contributed by atoms with van der Waals surface area (Å²) in [6.45, 7) is 0.417. The quantitative estimate of drug-likeness (QED) is 0.366. The SMILES string of the molecule is O=[N+]([O-])c1ccc(OCCCS)cc1F. The molecule has 0 radical (unpaired) electrons. The van der Waals surface area contributed by atoms with Crippen LogP contribution in [0.25, 0.3) is 0 Å². The standard InChI is InChI=1S/C9H10FNO3S/c10-8-6-7(14-4-1-5-15)2-3-9(8)11(12)13/h2-3,6,15H,1,4-5H2. The normalized spacial score (nSPS) is 10.0. The summed E-state index contributed by atoms with van der Waals surface area (Å²) in [5, 5.41) is 10.3. The van der Waals surface area contributed by atoms with Gasteiger partial charge in [-0.15, -0.1) is 0 Å². The van der Waals surface area contributed by atoms with Gasteiger partial charge in [-0.05, 0) is 18.2 Å². The molecule has 1 aromatic carbocycles. The van der Waals surface area contributed by atoms with E-state index in [4.69, 9.17) is 4.74 Å². The van der Waals surface area contributed by atoms with Crippen LogP contribution in [0.2, 0.25) is 0 Å². The van der Waals surface area contributed by atoms with Gasteiger partial charge in [-0.25, -0.2) is 0 Å². The van der Waals surface area contributed by atoms with Crippen molar-refractivity contribution in [3.8, 4) is 5.75 Å². The van der Waals surface area contributed by atoms with Crippen molar-refractivity contribution in [2.75, 3.05) is 12.4 Å². The molecule has 0 atom stereocenters. The Balaban J connectivity index is 2.69. The molecule has 0 saturated carbocycles. The molecule has 15 heavy (non-hydrogen) atoms. The number of halogens is 1. The van der Waals surface area contributed by atoms with Crippen LogP contribution in [-0.2, 0) is 0 Å². The van der Waals surface area contributed by atoms with Crippen molar-refractivity contribution in [1.29, 1.82) is 0 Å². The van der Waals surface area contributed by atoms with Crippen LogP contribution < -0.4 is 4.74 Å². The molecule has 0 N–H and O–H groups in total. The molecule has 0 fully saturated rings. The van der Waals surface area contributed by atoms with E-state index in [9.17, 15) is 14.5 Å². The number of thiol groups is 1. The van der Waals surface area contributed by atoms with Crippen LogP contribution in [0.4, 0.5) is 10.1 Å². The molecule has 1 aromatic rings. The lowest BCUT2D eigenvalue weighted by Gasteiger charge is -2.04. The zero-order valence-electron chi connectivity index (χ0n) is 7.85. The van der Waals surface area contributed by atoms with E-state index in [1.165, 1.54) is 6.07 Å². The predicted molar refractivity (Wildman–Crippen MR) is 57.0 cm³/mol. The highest BCUT2D eigenvalue weighted by Gasteiger charge is 2.13. The van der Waals surface area contributed by atoms with Crippen LogP contribution in [0.5, 0.6) is 5.75 Å². The molecule has 1 rings (SSSR count). The maximum atomic E-state index is 13.1. The number of hydrogen-bond acceptors (Lipinski definition) is 4. The van der Waals surface area contributed by atoms with Gasteiger partial charge in [0.25, 0.3) is 0 Å². The Kier molecular flexibility index (Phi) is 4.36. The zero-order chi connectivity index (χ0) is 11.3. The summed E-state index contributed by atoms with van der Waals surface area (Å²) in [5.74, 6) is 0.0818. The molecule has 0 saturated heterocycles. The third-order valence-electron chi connectivity index (χ3n) is 1.69. The summed E-state index contributed by atoms with van der Waals surface area (Å²) in [6, 6.07) is 3.47. The Bertz CT molecular complexity index is 359. The summed E-state index contributed by atoms with van der Waals surface area (Å²) in [5.41, 5.74) is -0.545. The zero-order valence-corrected chi connectivity index (χ0v) is 8.74. The largest absolute Gasteiger partial charge is 0.493 e. The summed E-state index contributed by atoms with van der Waals surface area (Å²) in [7, 11) is 0. The van der Waals surface area contributed by atoms with E-state index >= 15 is 0 Å². The lowest BCUT2D eigenvalue weighted by Crippen LogP contribution is -1.99. The highest BCUT2D eigenvalue weighted by atomic mass is 32.1. The maximum Gasteiger partial charge on any atom is 0.305 e. The first-order valence-corrected chi connectivity index (χ1v) is 4.96. The van der Waals surface area contributed by atoms with E-state index in [1.807, 2.05) is 0 Å². The molecule has 0 aliphatic carbocycles. The van der Waals surface area contributed by atoms with E-state index in [1.54, 1.807) is 0 Å². The van der Waals surface area contributed by atoms with Gasteiger partial charge in [0.05, 0.1) is 11.5 Å². The fraction of sp³-hybridized carbons (Fsp3) is 0.333. The second-order valence-electron chi connectivity index (χ2n) is 2.80. The van der Waals surface area contributed by atoms with Crippen LogP contribution in [0.15, 0.2) is 18.2 Å². The lowest BCUT2D eigenvalue weighted by molar-refractivity contribution is -0.387. The third kappa shape index (κ3) is 3.39. The number of ether oxygens (including phenoxy) is 1. The fourth-order valence-electron chi connectivity index (χ4n) is 0.980. The van der Waals surface area contributed by atoms with E-state index in [0.29, 0.717) is 18.1 Å². The molecule has 0 amide bonds. The minimum Gasteiger partial charge on any atom is -0.493 e. The third-order valence-corrected chi connectivity index (χ3v) is 2.00. The fourth-order valence-corrected chi connectivity index (χ4v) is 1.11. The predicted octanol–water partition coefficient (Wildman–Crippen LogP) is 2.43. The minimum absolute atomic E-state index is 0.292. The first kappa shape index (κ1) is 11.8. The number of nitro benzene ring substituents is 1. The monoisotopic (exact) mass is 231 g/mol. The number of benzene rings is 1. The van der Waals surface area contributed by atoms with Gasteiger partial charge >= 0.3 is 5.69 Å². The van der Waals surface area contributed by atoms with Crippen molar-refractivity contribution in [1.82, 2.24) is 0 Å². The van der Waals surface area contributed by atoms with Gasteiger partial charge in [0.2, 0.25) is 5.82 Å². The van der Waals surface area contributed by atoms with Crippen LogP contribution >= 0.6 is 12.6 Å². The van der Waals surface area contributed by atoms with Gasteiger partial charge in [0.15, 0.2) is 0 Å². The van der Waals surface area contributed by atoms with Crippen molar-refractivity contribution >= 4 is 18.3 Å². The van der Waals surface area contributed by atoms with Crippen molar-refractivity contribution < 1.29 is 14.1 Å². The van der Waals surface area contributed by atoms with Gasteiger partial charge in [-0.2, -0.15) is 17.0 Å². The van der Waals surface area contributed by atoms with Crippen molar-refractivity contribution in [3.63, 3.8) is 0 Å². The summed E-state index contributed by atoms with van der Waals surface area (Å²) in [4.78, 5) is 9.54. The summed E-state index contributed by atoms with van der Waals surface area (Å²) in [6.07, 6.45) is 0.738. The molecule has 0 aromatic heterocycles. The van der Waals surface area contributed by atoms with E-state index in [-0.39, 0.29) is 0 Å². The Hall–Kier alpha value is -1.30. The molecular formula is C9H10FNO3S. The number of hydrogen-bond donors (Lipinski definition) is 1. The number of nitrogens with zero attached hydrogens (tertiary/aromatic N) is 1.